The first-order valence-electron chi connectivity index (χ1n) is 8.61. The van der Waals surface area contributed by atoms with Gasteiger partial charge < -0.3 is 19.4 Å². The van der Waals surface area contributed by atoms with Crippen LogP contribution in [-0.2, 0) is 20.0 Å². The summed E-state index contributed by atoms with van der Waals surface area (Å²) >= 11 is 0. The molecule has 3 rings (SSSR count). The average Bonchev–Trinajstić information content (AvgIpc) is 2.94. The second kappa shape index (κ2) is 7.70. The summed E-state index contributed by atoms with van der Waals surface area (Å²) in [5, 5.41) is 3.44. The summed E-state index contributed by atoms with van der Waals surface area (Å²) < 4.78 is 12.6. The van der Waals surface area contributed by atoms with Gasteiger partial charge in [0.15, 0.2) is 22.8 Å². The average molecular weight is 355 g/mol. The molecule has 0 aliphatic carbocycles. The molecule has 0 amide bonds. The summed E-state index contributed by atoms with van der Waals surface area (Å²) in [6.45, 7) is 5.42. The first kappa shape index (κ1) is 18.1. The zero-order valence-electron chi connectivity index (χ0n) is 16.0. The maximum Gasteiger partial charge on any atom is 0.198 e. The molecule has 0 aliphatic rings. The van der Waals surface area contributed by atoms with Gasteiger partial charge in [0.25, 0.3) is 0 Å². The standard InChI is InChI=1S/C19H25N5O2/c1-12-13(2)22-19-18(21-12)23-17(24(19)3)11-20-9-8-14-6-7-15(25-4)16(10-14)26-5/h6-7,10,20H,8-9,11H2,1-5H3. The van der Waals surface area contributed by atoms with Crippen molar-refractivity contribution in [3.63, 3.8) is 0 Å². The monoisotopic (exact) mass is 355 g/mol. The molecule has 0 atom stereocenters. The third kappa shape index (κ3) is 3.62. The van der Waals surface area contributed by atoms with Gasteiger partial charge in [-0.3, -0.25) is 0 Å². The Balaban J connectivity index is 1.62. The molecule has 0 saturated heterocycles. The van der Waals surface area contributed by atoms with Crippen molar-refractivity contribution in [3.05, 3.63) is 41.0 Å². The summed E-state index contributed by atoms with van der Waals surface area (Å²) in [5.74, 6) is 2.43. The summed E-state index contributed by atoms with van der Waals surface area (Å²) in [7, 11) is 5.27. The minimum absolute atomic E-state index is 0.667. The fourth-order valence-electron chi connectivity index (χ4n) is 2.83. The Hall–Kier alpha value is -2.67. The number of rotatable bonds is 7. The van der Waals surface area contributed by atoms with Crippen LogP contribution < -0.4 is 14.8 Å². The third-order valence-electron chi connectivity index (χ3n) is 4.53. The van der Waals surface area contributed by atoms with Gasteiger partial charge in [-0.15, -0.1) is 0 Å². The molecule has 26 heavy (non-hydrogen) atoms. The predicted octanol–water partition coefficient (Wildman–Crippen LogP) is 2.33. The lowest BCUT2D eigenvalue weighted by atomic mass is 10.1. The van der Waals surface area contributed by atoms with E-state index in [1.165, 1.54) is 5.56 Å². The molecule has 0 radical (unpaired) electrons. The van der Waals surface area contributed by atoms with Crippen molar-refractivity contribution in [2.24, 2.45) is 7.05 Å². The van der Waals surface area contributed by atoms with Gasteiger partial charge in [0.1, 0.15) is 5.82 Å². The molecule has 2 heterocycles. The van der Waals surface area contributed by atoms with Crippen molar-refractivity contribution in [1.29, 1.82) is 0 Å². The van der Waals surface area contributed by atoms with Gasteiger partial charge in [-0.2, -0.15) is 0 Å². The van der Waals surface area contributed by atoms with Crippen molar-refractivity contribution in [3.8, 4) is 11.5 Å². The number of nitrogens with one attached hydrogen (secondary N) is 1. The van der Waals surface area contributed by atoms with E-state index >= 15 is 0 Å². The van der Waals surface area contributed by atoms with Gasteiger partial charge in [-0.05, 0) is 44.5 Å². The highest BCUT2D eigenvalue weighted by Crippen LogP contribution is 2.27. The molecule has 7 nitrogen and oxygen atoms in total. The van der Waals surface area contributed by atoms with Crippen LogP contribution in [-0.4, -0.2) is 40.3 Å². The second-order valence-corrected chi connectivity index (χ2v) is 6.24. The Morgan fingerprint density at radius 3 is 2.46 bits per heavy atom. The number of methoxy groups -OCH3 is 2. The minimum Gasteiger partial charge on any atom is -0.493 e. The largest absolute Gasteiger partial charge is 0.493 e. The molecule has 0 unspecified atom stereocenters. The van der Waals surface area contributed by atoms with E-state index < -0.39 is 0 Å². The molecular formula is C19H25N5O2. The summed E-state index contributed by atoms with van der Waals surface area (Å²) in [5.41, 5.74) is 4.57. The molecule has 3 aromatic rings. The lowest BCUT2D eigenvalue weighted by Crippen LogP contribution is -2.19. The summed E-state index contributed by atoms with van der Waals surface area (Å²) in [6.07, 6.45) is 0.888. The van der Waals surface area contributed by atoms with Crippen molar-refractivity contribution >= 4 is 11.3 Å². The predicted molar refractivity (Wildman–Crippen MR) is 101 cm³/mol. The summed E-state index contributed by atoms with van der Waals surface area (Å²) in [4.78, 5) is 13.7. The molecule has 0 fully saturated rings. The van der Waals surface area contributed by atoms with E-state index in [0.29, 0.717) is 12.2 Å². The fourth-order valence-corrected chi connectivity index (χ4v) is 2.83. The van der Waals surface area contributed by atoms with Gasteiger partial charge >= 0.3 is 0 Å². The van der Waals surface area contributed by atoms with Crippen LogP contribution in [0.25, 0.3) is 11.3 Å². The van der Waals surface area contributed by atoms with E-state index in [9.17, 15) is 0 Å². The van der Waals surface area contributed by atoms with Crippen molar-refractivity contribution in [2.45, 2.75) is 26.8 Å². The molecule has 0 bridgehead atoms. The lowest BCUT2D eigenvalue weighted by molar-refractivity contribution is 0.354. The normalized spacial score (nSPS) is 11.1. The molecule has 2 aromatic heterocycles. The number of aromatic nitrogens is 4. The number of hydrogen-bond acceptors (Lipinski definition) is 6. The Morgan fingerprint density at radius 1 is 1.00 bits per heavy atom. The highest BCUT2D eigenvalue weighted by atomic mass is 16.5. The molecule has 1 N–H and O–H groups in total. The number of benzene rings is 1. The molecule has 0 aliphatic heterocycles. The molecule has 1 aromatic carbocycles. The highest BCUT2D eigenvalue weighted by molar-refractivity contribution is 5.67. The SMILES string of the molecule is COc1ccc(CCNCc2nc3nc(C)c(C)nc3n2C)cc1OC. The van der Waals surface area contributed by atoms with Crippen LogP contribution in [0.3, 0.4) is 0 Å². The van der Waals surface area contributed by atoms with E-state index in [1.54, 1.807) is 14.2 Å². The molecule has 0 spiro atoms. The Morgan fingerprint density at radius 2 is 1.73 bits per heavy atom. The second-order valence-electron chi connectivity index (χ2n) is 6.24. The molecule has 138 valence electrons. The van der Waals surface area contributed by atoms with Crippen LogP contribution in [0.4, 0.5) is 0 Å². The minimum atomic E-state index is 0.667. The maximum atomic E-state index is 5.35. The highest BCUT2D eigenvalue weighted by Gasteiger charge is 2.11. The zero-order valence-corrected chi connectivity index (χ0v) is 16.0. The topological polar surface area (TPSA) is 74.1 Å². The smallest absolute Gasteiger partial charge is 0.198 e. The van der Waals surface area contributed by atoms with Gasteiger partial charge in [-0.1, -0.05) is 6.07 Å². The van der Waals surface area contributed by atoms with Crippen LogP contribution in [0.1, 0.15) is 22.8 Å². The van der Waals surface area contributed by atoms with Crippen LogP contribution in [0.15, 0.2) is 18.2 Å². The molecule has 7 heteroatoms. The third-order valence-corrected chi connectivity index (χ3v) is 4.53. The number of aryl methyl sites for hydroxylation is 3. The lowest BCUT2D eigenvalue weighted by Gasteiger charge is -2.10. The van der Waals surface area contributed by atoms with Crippen molar-refractivity contribution < 1.29 is 9.47 Å². The van der Waals surface area contributed by atoms with Crippen LogP contribution in [0.2, 0.25) is 0 Å². The number of imidazole rings is 1. The van der Waals surface area contributed by atoms with Gasteiger partial charge in [-0.25, -0.2) is 15.0 Å². The number of fused-ring (bicyclic) bond motifs is 1. The quantitative estimate of drug-likeness (QED) is 0.656. The molecule has 0 saturated carbocycles. The molecular weight excluding hydrogens is 330 g/mol. The van der Waals surface area contributed by atoms with E-state index in [0.717, 1.165) is 47.3 Å². The maximum absolute atomic E-state index is 5.35. The van der Waals surface area contributed by atoms with Crippen LogP contribution in [0.5, 0.6) is 11.5 Å². The number of nitrogens with zero attached hydrogens (tertiary/aromatic N) is 4. The zero-order chi connectivity index (χ0) is 18.7. The van der Waals surface area contributed by atoms with Crippen molar-refractivity contribution in [2.75, 3.05) is 20.8 Å². The van der Waals surface area contributed by atoms with Gasteiger partial charge in [0.05, 0.1) is 32.2 Å². The van der Waals surface area contributed by atoms with Gasteiger partial charge in [0, 0.05) is 7.05 Å². The number of hydrogen-bond donors (Lipinski definition) is 1. The Bertz CT molecular complexity index is 920. The fraction of sp³-hybridized carbons (Fsp3) is 0.421. The Kier molecular flexibility index (Phi) is 5.37. The van der Waals surface area contributed by atoms with Crippen LogP contribution >= 0.6 is 0 Å². The Labute approximate surface area is 153 Å². The number of ether oxygens (including phenoxy) is 2. The van der Waals surface area contributed by atoms with Gasteiger partial charge in [0.2, 0.25) is 0 Å². The van der Waals surface area contributed by atoms with Crippen LogP contribution in [0, 0.1) is 13.8 Å². The van der Waals surface area contributed by atoms with E-state index in [2.05, 4.69) is 26.3 Å². The van der Waals surface area contributed by atoms with E-state index in [4.69, 9.17) is 9.47 Å². The summed E-state index contributed by atoms with van der Waals surface area (Å²) in [6, 6.07) is 5.99. The first-order valence-corrected chi connectivity index (χ1v) is 8.61. The van der Waals surface area contributed by atoms with E-state index in [1.807, 2.05) is 37.6 Å². The van der Waals surface area contributed by atoms with E-state index in [-0.39, 0.29) is 0 Å². The van der Waals surface area contributed by atoms with Crippen molar-refractivity contribution in [1.82, 2.24) is 24.8 Å². The first-order chi connectivity index (χ1) is 12.5.